The summed E-state index contributed by atoms with van der Waals surface area (Å²) >= 11 is 0. The largest absolute Gasteiger partial charge is 0.491 e. The summed E-state index contributed by atoms with van der Waals surface area (Å²) in [5.41, 5.74) is 8.73. The van der Waals surface area contributed by atoms with Gasteiger partial charge in [0.05, 0.1) is 13.1 Å². The molecule has 4 rings (SSSR count). The molecule has 2 aromatic carbocycles. The predicted molar refractivity (Wildman–Crippen MR) is 114 cm³/mol. The van der Waals surface area contributed by atoms with Crippen LogP contribution in [-0.2, 0) is 13.1 Å². The van der Waals surface area contributed by atoms with Crippen LogP contribution in [-0.4, -0.2) is 42.0 Å². The number of nitrogens with zero attached hydrogens (tertiary/aromatic N) is 2. The number of aromatic nitrogens is 2. The lowest BCUT2D eigenvalue weighted by molar-refractivity contribution is -0.905. The van der Waals surface area contributed by atoms with Gasteiger partial charge in [0.15, 0.2) is 0 Å². The molecule has 0 radical (unpaired) electrons. The van der Waals surface area contributed by atoms with E-state index < -0.39 is 6.10 Å². The summed E-state index contributed by atoms with van der Waals surface area (Å²) in [7, 11) is 0. The van der Waals surface area contributed by atoms with E-state index in [9.17, 15) is 5.11 Å². The van der Waals surface area contributed by atoms with Gasteiger partial charge in [0.1, 0.15) is 49.1 Å². The van der Waals surface area contributed by atoms with Gasteiger partial charge in [-0.15, -0.1) is 0 Å². The molecule has 1 aliphatic heterocycles. The maximum atomic E-state index is 10.6. The maximum absolute atomic E-state index is 10.6. The van der Waals surface area contributed by atoms with Gasteiger partial charge in [-0.3, -0.25) is 5.73 Å². The van der Waals surface area contributed by atoms with Crippen molar-refractivity contribution in [3.63, 3.8) is 0 Å². The molecule has 1 fully saturated rings. The standard InChI is InChI=1S/C23H30N4O2/c24-23-26(16-15-25-13-7-2-8-14-25)21-11-5-6-12-22(21)27(23)17-19(28)18-29-20-9-3-1-4-10-20/h1,3-6,9-12,19,24,28H,2,7-8,13-18H2/p+2/t19-/m0/s1. The number of nitrogens with one attached hydrogen (secondary N) is 1. The quantitative estimate of drug-likeness (QED) is 0.498. The molecule has 1 saturated heterocycles. The Balaban J connectivity index is 1.47. The Hall–Kier alpha value is -2.57. The highest BCUT2D eigenvalue weighted by Crippen LogP contribution is 2.16. The van der Waals surface area contributed by atoms with Gasteiger partial charge < -0.3 is 14.7 Å². The van der Waals surface area contributed by atoms with Crippen molar-refractivity contribution in [3.05, 3.63) is 54.6 Å². The SMILES string of the molecule is Nc1n(CC[NH+]2CCCCC2)c2ccccc2[n+]1C[C@H](O)COc1ccccc1. The Morgan fingerprint density at radius 2 is 1.76 bits per heavy atom. The molecule has 0 aliphatic carbocycles. The fraction of sp³-hybridized carbons (Fsp3) is 0.435. The van der Waals surface area contributed by atoms with Crippen molar-refractivity contribution in [3.8, 4) is 5.75 Å². The van der Waals surface area contributed by atoms with E-state index in [2.05, 4.69) is 16.7 Å². The first-order valence-electron chi connectivity index (χ1n) is 10.7. The third kappa shape index (κ3) is 4.71. The van der Waals surface area contributed by atoms with Gasteiger partial charge in [-0.1, -0.05) is 30.3 Å². The highest BCUT2D eigenvalue weighted by Gasteiger charge is 2.24. The van der Waals surface area contributed by atoms with Crippen LogP contribution in [0.5, 0.6) is 5.75 Å². The molecule has 154 valence electrons. The van der Waals surface area contributed by atoms with Crippen molar-refractivity contribution >= 4 is 17.0 Å². The first-order chi connectivity index (χ1) is 14.2. The number of quaternary nitrogens is 1. The Kier molecular flexibility index (Phi) is 6.32. The third-order valence-corrected chi connectivity index (χ3v) is 5.84. The topological polar surface area (TPSA) is 68.7 Å². The monoisotopic (exact) mass is 396 g/mol. The molecule has 0 spiro atoms. The molecule has 2 heterocycles. The molecule has 29 heavy (non-hydrogen) atoms. The molecule has 0 saturated carbocycles. The van der Waals surface area contributed by atoms with Crippen LogP contribution in [0.1, 0.15) is 19.3 Å². The van der Waals surface area contributed by atoms with E-state index in [1.807, 2.05) is 47.0 Å². The van der Waals surface area contributed by atoms with Crippen molar-refractivity contribution in [2.24, 2.45) is 0 Å². The summed E-state index contributed by atoms with van der Waals surface area (Å²) < 4.78 is 9.92. The van der Waals surface area contributed by atoms with E-state index in [1.165, 1.54) is 32.4 Å². The Bertz CT molecular complexity index is 919. The minimum Gasteiger partial charge on any atom is -0.491 e. The zero-order valence-electron chi connectivity index (χ0n) is 17.0. The number of ether oxygens (including phenoxy) is 1. The number of aliphatic hydroxyl groups excluding tert-OH is 1. The number of likely N-dealkylation sites (tertiary alicyclic amines) is 1. The molecule has 0 amide bonds. The number of hydrogen-bond donors (Lipinski definition) is 3. The molecule has 1 atom stereocenters. The molecule has 6 heteroatoms. The number of fused-ring (bicyclic) bond motifs is 1. The van der Waals surface area contributed by atoms with E-state index in [4.69, 9.17) is 10.5 Å². The minimum absolute atomic E-state index is 0.230. The lowest BCUT2D eigenvalue weighted by atomic mass is 10.1. The third-order valence-electron chi connectivity index (χ3n) is 5.84. The van der Waals surface area contributed by atoms with Crippen LogP contribution < -0.4 is 19.9 Å². The van der Waals surface area contributed by atoms with Crippen LogP contribution in [0.3, 0.4) is 0 Å². The summed E-state index contributed by atoms with van der Waals surface area (Å²) in [4.78, 5) is 1.66. The molecular formula is C23H32N4O2+2. The highest BCUT2D eigenvalue weighted by atomic mass is 16.5. The van der Waals surface area contributed by atoms with Gasteiger partial charge in [-0.2, -0.15) is 0 Å². The van der Waals surface area contributed by atoms with Crippen LogP contribution in [0.25, 0.3) is 11.0 Å². The summed E-state index contributed by atoms with van der Waals surface area (Å²) in [6, 6.07) is 17.8. The fourth-order valence-corrected chi connectivity index (χ4v) is 4.28. The molecule has 4 N–H and O–H groups in total. The lowest BCUT2D eigenvalue weighted by Gasteiger charge is -2.22. The smallest absolute Gasteiger partial charge is 0.356 e. The van der Waals surface area contributed by atoms with Crippen LogP contribution in [0.2, 0.25) is 0 Å². The zero-order chi connectivity index (χ0) is 20.1. The van der Waals surface area contributed by atoms with E-state index in [-0.39, 0.29) is 6.61 Å². The predicted octanol–water partition coefficient (Wildman–Crippen LogP) is 1.02. The second-order valence-electron chi connectivity index (χ2n) is 7.95. The number of imidazole rings is 1. The molecule has 0 bridgehead atoms. The molecular weight excluding hydrogens is 364 g/mol. The average molecular weight is 397 g/mol. The average Bonchev–Trinajstić information content (AvgIpc) is 3.03. The van der Waals surface area contributed by atoms with Crippen molar-refractivity contribution in [2.45, 2.75) is 38.5 Å². The summed E-state index contributed by atoms with van der Waals surface area (Å²) in [5.74, 6) is 1.46. The van der Waals surface area contributed by atoms with Gasteiger partial charge in [0.25, 0.3) is 0 Å². The first kappa shape index (κ1) is 19.7. The van der Waals surface area contributed by atoms with Crippen LogP contribution in [0.15, 0.2) is 54.6 Å². The normalized spacial score (nSPS) is 16.2. The second kappa shape index (κ2) is 9.29. The van der Waals surface area contributed by atoms with Crippen molar-refractivity contribution in [1.82, 2.24) is 4.57 Å². The van der Waals surface area contributed by atoms with Gasteiger partial charge >= 0.3 is 5.95 Å². The van der Waals surface area contributed by atoms with E-state index in [0.29, 0.717) is 12.5 Å². The first-order valence-corrected chi connectivity index (χ1v) is 10.7. The number of anilines is 1. The van der Waals surface area contributed by atoms with Crippen LogP contribution >= 0.6 is 0 Å². The summed E-state index contributed by atoms with van der Waals surface area (Å²) in [6.07, 6.45) is 3.37. The van der Waals surface area contributed by atoms with E-state index in [0.717, 1.165) is 29.9 Å². The molecule has 1 aromatic heterocycles. The van der Waals surface area contributed by atoms with Gasteiger partial charge in [0.2, 0.25) is 0 Å². The molecule has 6 nitrogen and oxygen atoms in total. The summed E-state index contributed by atoms with van der Waals surface area (Å²) in [5, 5.41) is 10.6. The zero-order valence-corrected chi connectivity index (χ0v) is 17.0. The summed E-state index contributed by atoms with van der Waals surface area (Å²) in [6.45, 7) is 5.13. The van der Waals surface area contributed by atoms with E-state index >= 15 is 0 Å². The molecule has 3 aromatic rings. The number of nitrogen functional groups attached to an aromatic ring is 1. The number of hydrogen-bond acceptors (Lipinski definition) is 3. The number of aliphatic hydroxyl groups is 1. The second-order valence-corrected chi connectivity index (χ2v) is 7.95. The van der Waals surface area contributed by atoms with Crippen LogP contribution in [0, 0.1) is 0 Å². The maximum Gasteiger partial charge on any atom is 0.356 e. The van der Waals surface area contributed by atoms with Gasteiger partial charge in [-0.05, 0) is 43.5 Å². The number of piperidine rings is 1. The number of rotatable bonds is 8. The van der Waals surface area contributed by atoms with Crippen LogP contribution in [0.4, 0.5) is 5.95 Å². The van der Waals surface area contributed by atoms with Gasteiger partial charge in [0, 0.05) is 0 Å². The van der Waals surface area contributed by atoms with Gasteiger partial charge in [-0.25, -0.2) is 9.13 Å². The number of para-hydroxylation sites is 3. The Morgan fingerprint density at radius 3 is 2.55 bits per heavy atom. The lowest BCUT2D eigenvalue weighted by Crippen LogP contribution is -3.13. The van der Waals surface area contributed by atoms with Crippen molar-refractivity contribution in [1.29, 1.82) is 0 Å². The Labute approximate surface area is 172 Å². The van der Waals surface area contributed by atoms with Crippen molar-refractivity contribution < 1.29 is 19.3 Å². The van der Waals surface area contributed by atoms with E-state index in [1.54, 1.807) is 4.90 Å². The minimum atomic E-state index is -0.644. The van der Waals surface area contributed by atoms with Crippen molar-refractivity contribution in [2.75, 3.05) is 32.0 Å². The molecule has 0 unspecified atom stereocenters. The Morgan fingerprint density at radius 1 is 1.03 bits per heavy atom. The molecule has 1 aliphatic rings. The highest BCUT2D eigenvalue weighted by molar-refractivity contribution is 5.73. The number of benzene rings is 2. The number of nitrogens with two attached hydrogens (primary N) is 1. The fourth-order valence-electron chi connectivity index (χ4n) is 4.28.